The van der Waals surface area contributed by atoms with Crippen molar-refractivity contribution >= 4 is 17.4 Å². The smallest absolute Gasteiger partial charge is 0.119 e. The summed E-state index contributed by atoms with van der Waals surface area (Å²) in [6.45, 7) is 3.72. The van der Waals surface area contributed by atoms with Crippen LogP contribution in [0.2, 0.25) is 0 Å². The van der Waals surface area contributed by atoms with Crippen LogP contribution >= 0.6 is 11.8 Å². The largest absolute Gasteiger partial charge is 0.494 e. The van der Waals surface area contributed by atoms with Gasteiger partial charge in [0.15, 0.2) is 0 Å². The first-order valence-corrected chi connectivity index (χ1v) is 8.14. The Labute approximate surface area is 125 Å². The molecule has 106 valence electrons. The van der Waals surface area contributed by atoms with E-state index < -0.39 is 0 Å². The Hall–Kier alpha value is -1.61. The molecule has 20 heavy (non-hydrogen) atoms. The molecule has 2 aromatic rings. The van der Waals surface area contributed by atoms with Gasteiger partial charge in [-0.15, -0.1) is 11.8 Å². The second-order valence-corrected chi connectivity index (χ2v) is 5.45. The molecule has 0 aliphatic rings. The van der Waals surface area contributed by atoms with Gasteiger partial charge in [0.2, 0.25) is 0 Å². The zero-order valence-electron chi connectivity index (χ0n) is 12.1. The van der Waals surface area contributed by atoms with E-state index in [4.69, 9.17) is 4.74 Å². The Balaban J connectivity index is 1.86. The average Bonchev–Trinajstić information content (AvgIpc) is 2.52. The summed E-state index contributed by atoms with van der Waals surface area (Å²) in [4.78, 5) is 1.30. The van der Waals surface area contributed by atoms with E-state index in [0.29, 0.717) is 0 Å². The topological polar surface area (TPSA) is 21.3 Å². The number of thioether (sulfide) groups is 1. The van der Waals surface area contributed by atoms with E-state index in [1.807, 2.05) is 12.1 Å². The van der Waals surface area contributed by atoms with Gasteiger partial charge in [-0.05, 0) is 54.6 Å². The van der Waals surface area contributed by atoms with Crippen molar-refractivity contribution in [2.75, 3.05) is 18.2 Å². The van der Waals surface area contributed by atoms with E-state index in [-0.39, 0.29) is 0 Å². The molecule has 0 unspecified atom stereocenters. The van der Waals surface area contributed by atoms with Gasteiger partial charge < -0.3 is 10.1 Å². The molecule has 0 saturated heterocycles. The Morgan fingerprint density at radius 3 is 2.30 bits per heavy atom. The zero-order chi connectivity index (χ0) is 14.2. The van der Waals surface area contributed by atoms with Crippen molar-refractivity contribution in [1.82, 2.24) is 0 Å². The van der Waals surface area contributed by atoms with Gasteiger partial charge in [-0.3, -0.25) is 0 Å². The van der Waals surface area contributed by atoms with Gasteiger partial charge in [-0.1, -0.05) is 19.1 Å². The predicted octanol–water partition coefficient (Wildman–Crippen LogP) is 4.81. The fourth-order valence-electron chi connectivity index (χ4n) is 1.84. The second-order valence-electron chi connectivity index (χ2n) is 4.57. The maximum absolute atomic E-state index is 5.57. The summed E-state index contributed by atoms with van der Waals surface area (Å²) in [6, 6.07) is 16.8. The normalized spacial score (nSPS) is 10.3. The molecule has 2 rings (SSSR count). The van der Waals surface area contributed by atoms with Crippen molar-refractivity contribution in [1.29, 1.82) is 0 Å². The van der Waals surface area contributed by atoms with E-state index >= 15 is 0 Å². The molecule has 0 aliphatic heterocycles. The molecule has 3 heteroatoms. The Morgan fingerprint density at radius 2 is 1.70 bits per heavy atom. The van der Waals surface area contributed by atoms with E-state index in [2.05, 4.69) is 54.9 Å². The summed E-state index contributed by atoms with van der Waals surface area (Å²) >= 11 is 1.77. The molecule has 2 nitrogen and oxygen atoms in total. The van der Waals surface area contributed by atoms with Crippen LogP contribution in [0.1, 0.15) is 18.9 Å². The monoisotopic (exact) mass is 287 g/mol. The van der Waals surface area contributed by atoms with E-state index in [0.717, 1.165) is 31.0 Å². The third-order valence-electron chi connectivity index (χ3n) is 2.98. The minimum atomic E-state index is 0.772. The van der Waals surface area contributed by atoms with Crippen LogP contribution in [0, 0.1) is 0 Å². The first-order chi connectivity index (χ1) is 9.81. The molecule has 0 bridgehead atoms. The molecular weight excluding hydrogens is 266 g/mol. The first-order valence-electron chi connectivity index (χ1n) is 6.91. The van der Waals surface area contributed by atoms with Gasteiger partial charge in [-0.25, -0.2) is 0 Å². The van der Waals surface area contributed by atoms with Crippen LogP contribution < -0.4 is 10.1 Å². The molecule has 2 aromatic carbocycles. The number of benzene rings is 2. The lowest BCUT2D eigenvalue weighted by Gasteiger charge is -2.09. The minimum absolute atomic E-state index is 0.772. The standard InChI is InChI=1S/C17H21NOS/c1-3-12-19-16-8-6-15(7-9-16)18-13-14-4-10-17(20-2)11-5-14/h4-11,18H,3,12-13H2,1-2H3. The van der Waals surface area contributed by atoms with Gasteiger partial charge in [0.25, 0.3) is 0 Å². The molecule has 1 N–H and O–H groups in total. The molecule has 0 saturated carbocycles. The van der Waals surface area contributed by atoms with Crippen LogP contribution in [-0.2, 0) is 6.54 Å². The summed E-state index contributed by atoms with van der Waals surface area (Å²) in [6.07, 6.45) is 3.13. The number of anilines is 1. The van der Waals surface area contributed by atoms with E-state index in [1.54, 1.807) is 11.8 Å². The van der Waals surface area contributed by atoms with Gasteiger partial charge >= 0.3 is 0 Å². The van der Waals surface area contributed by atoms with Gasteiger partial charge in [-0.2, -0.15) is 0 Å². The lowest BCUT2D eigenvalue weighted by Crippen LogP contribution is -1.99. The Bertz CT molecular complexity index is 508. The molecule has 0 aliphatic carbocycles. The number of ether oxygens (including phenoxy) is 1. The minimum Gasteiger partial charge on any atom is -0.494 e. The fraction of sp³-hybridized carbons (Fsp3) is 0.294. The highest BCUT2D eigenvalue weighted by molar-refractivity contribution is 7.98. The molecular formula is C17H21NOS. The molecule has 0 spiro atoms. The summed E-state index contributed by atoms with van der Waals surface area (Å²) in [5.41, 5.74) is 2.40. The van der Waals surface area contributed by atoms with E-state index in [9.17, 15) is 0 Å². The molecule has 0 heterocycles. The molecule has 0 aromatic heterocycles. The lowest BCUT2D eigenvalue weighted by atomic mass is 10.2. The van der Waals surface area contributed by atoms with Crippen LogP contribution in [-0.4, -0.2) is 12.9 Å². The number of nitrogens with one attached hydrogen (secondary N) is 1. The number of hydrogen-bond acceptors (Lipinski definition) is 3. The second kappa shape index (κ2) is 7.85. The average molecular weight is 287 g/mol. The van der Waals surface area contributed by atoms with Crippen molar-refractivity contribution < 1.29 is 4.74 Å². The van der Waals surface area contributed by atoms with Crippen molar-refractivity contribution in [3.05, 3.63) is 54.1 Å². The van der Waals surface area contributed by atoms with Crippen molar-refractivity contribution in [2.24, 2.45) is 0 Å². The van der Waals surface area contributed by atoms with Gasteiger partial charge in [0, 0.05) is 17.1 Å². The van der Waals surface area contributed by atoms with Crippen molar-refractivity contribution in [2.45, 2.75) is 24.8 Å². The Kier molecular flexibility index (Phi) is 5.81. The number of rotatable bonds is 7. The maximum Gasteiger partial charge on any atom is 0.119 e. The quantitative estimate of drug-likeness (QED) is 0.738. The molecule has 0 amide bonds. The summed E-state index contributed by atoms with van der Waals surface area (Å²) in [7, 11) is 0. The van der Waals surface area contributed by atoms with Crippen LogP contribution in [0.5, 0.6) is 5.75 Å². The van der Waals surface area contributed by atoms with Crippen molar-refractivity contribution in [3.8, 4) is 5.75 Å². The third kappa shape index (κ3) is 4.49. The highest BCUT2D eigenvalue weighted by atomic mass is 32.2. The predicted molar refractivity (Wildman–Crippen MR) is 87.8 cm³/mol. The highest BCUT2D eigenvalue weighted by Crippen LogP contribution is 2.18. The number of hydrogen-bond donors (Lipinski definition) is 1. The highest BCUT2D eigenvalue weighted by Gasteiger charge is 1.97. The van der Waals surface area contributed by atoms with Crippen LogP contribution in [0.4, 0.5) is 5.69 Å². The lowest BCUT2D eigenvalue weighted by molar-refractivity contribution is 0.317. The molecule has 0 atom stereocenters. The Morgan fingerprint density at radius 1 is 1.00 bits per heavy atom. The fourth-order valence-corrected chi connectivity index (χ4v) is 2.24. The van der Waals surface area contributed by atoms with Crippen molar-refractivity contribution in [3.63, 3.8) is 0 Å². The zero-order valence-corrected chi connectivity index (χ0v) is 12.9. The summed E-state index contributed by atoms with van der Waals surface area (Å²) < 4.78 is 5.57. The van der Waals surface area contributed by atoms with Crippen LogP contribution in [0.15, 0.2) is 53.4 Å². The first kappa shape index (κ1) is 14.8. The molecule has 0 radical (unpaired) electrons. The molecule has 0 fully saturated rings. The van der Waals surface area contributed by atoms with E-state index in [1.165, 1.54) is 10.5 Å². The SMILES string of the molecule is CCCOc1ccc(NCc2ccc(SC)cc2)cc1. The van der Waals surface area contributed by atoms with Crippen LogP contribution in [0.25, 0.3) is 0 Å². The summed E-state index contributed by atoms with van der Waals surface area (Å²) in [5, 5.41) is 3.42. The van der Waals surface area contributed by atoms with Gasteiger partial charge in [0.05, 0.1) is 6.61 Å². The maximum atomic E-state index is 5.57. The van der Waals surface area contributed by atoms with Crippen LogP contribution in [0.3, 0.4) is 0 Å². The third-order valence-corrected chi connectivity index (χ3v) is 3.73. The summed E-state index contributed by atoms with van der Waals surface area (Å²) in [5.74, 6) is 0.932. The van der Waals surface area contributed by atoms with Gasteiger partial charge in [0.1, 0.15) is 5.75 Å².